The molecule has 1 aliphatic heterocycles. The van der Waals surface area contributed by atoms with Gasteiger partial charge in [-0.15, -0.1) is 0 Å². The van der Waals surface area contributed by atoms with Crippen LogP contribution in [0.3, 0.4) is 0 Å². The molecule has 1 atom stereocenters. The number of hydrogen-bond acceptors (Lipinski definition) is 8. The number of nitrogens with two attached hydrogens (primary N) is 1. The lowest BCUT2D eigenvalue weighted by atomic mass is 9.99. The fraction of sp³-hybridized carbons (Fsp3) is 0.217. The molecule has 1 unspecified atom stereocenters. The highest BCUT2D eigenvalue weighted by atomic mass is 35.5. The van der Waals surface area contributed by atoms with Crippen LogP contribution in [0.1, 0.15) is 18.9 Å². The van der Waals surface area contributed by atoms with E-state index in [4.69, 9.17) is 26.8 Å². The van der Waals surface area contributed by atoms with Gasteiger partial charge >= 0.3 is 6.09 Å². The molecule has 2 amide bonds. The Bertz CT molecular complexity index is 1280. The molecule has 0 fully saturated rings. The highest BCUT2D eigenvalue weighted by Gasteiger charge is 2.40. The van der Waals surface area contributed by atoms with Crippen LogP contribution in [0, 0.1) is 5.82 Å². The van der Waals surface area contributed by atoms with Crippen LogP contribution in [-0.2, 0) is 16.1 Å². The largest absolute Gasteiger partial charge is 0.475 e. The lowest BCUT2D eigenvalue weighted by Gasteiger charge is -2.34. The normalized spacial score (nSPS) is 16.5. The van der Waals surface area contributed by atoms with Gasteiger partial charge in [-0.1, -0.05) is 12.1 Å². The Morgan fingerprint density at radius 2 is 2.14 bits per heavy atom. The molecule has 182 valence electrons. The summed E-state index contributed by atoms with van der Waals surface area (Å²) < 4.78 is 25.0. The minimum absolute atomic E-state index is 0.0462. The molecule has 2 heterocycles. The van der Waals surface area contributed by atoms with Crippen molar-refractivity contribution in [2.45, 2.75) is 25.5 Å². The number of benzene rings is 2. The first-order valence-corrected chi connectivity index (χ1v) is 10.9. The first kappa shape index (κ1) is 24.0. The highest BCUT2D eigenvalue weighted by Crippen LogP contribution is 2.37. The smallest absolute Gasteiger partial charge is 0.407 e. The molecule has 1 aromatic heterocycles. The van der Waals surface area contributed by atoms with Gasteiger partial charge in [-0.3, -0.25) is 4.79 Å². The third-order valence-corrected chi connectivity index (χ3v) is 5.40. The number of halogens is 2. The molecule has 0 saturated carbocycles. The standard InChI is InChI=1S/C23H22ClFN6O4/c1-23(7-8-34-22(33)28-11-13-3-2-4-14(26)9-13)20(32)30-17-10-15(5-6-18(17)35-23)29-19-16(25)12-27-21(24)31-19/h2-6,9-10,12H,7-8,11,26H2,1H3,(H,28,33)(H,30,32)(H,27,29,31). The number of anilines is 4. The van der Waals surface area contributed by atoms with Crippen molar-refractivity contribution in [1.29, 1.82) is 0 Å². The molecule has 4 rings (SSSR count). The van der Waals surface area contributed by atoms with Crippen LogP contribution in [-0.4, -0.2) is 34.2 Å². The maximum atomic E-state index is 13.9. The van der Waals surface area contributed by atoms with Gasteiger partial charge < -0.3 is 31.2 Å². The summed E-state index contributed by atoms with van der Waals surface area (Å²) in [7, 11) is 0. The topological polar surface area (TPSA) is 140 Å². The van der Waals surface area contributed by atoms with Gasteiger partial charge in [-0.2, -0.15) is 4.98 Å². The van der Waals surface area contributed by atoms with Gasteiger partial charge in [-0.25, -0.2) is 14.2 Å². The van der Waals surface area contributed by atoms with Crippen molar-refractivity contribution in [3.63, 3.8) is 0 Å². The Labute approximate surface area is 205 Å². The van der Waals surface area contributed by atoms with Crippen molar-refractivity contribution in [3.05, 3.63) is 65.3 Å². The fourth-order valence-corrected chi connectivity index (χ4v) is 3.47. The first-order chi connectivity index (χ1) is 16.7. The molecule has 0 saturated heterocycles. The molecule has 35 heavy (non-hydrogen) atoms. The van der Waals surface area contributed by atoms with E-state index in [9.17, 15) is 14.0 Å². The SMILES string of the molecule is CC1(CCOC(=O)NCc2cccc(N)c2)Oc2ccc(Nc3nc(Cl)ncc3F)cc2NC1=O. The summed E-state index contributed by atoms with van der Waals surface area (Å²) in [6.45, 7) is 1.81. The number of aromatic nitrogens is 2. The number of nitrogen functional groups attached to an aromatic ring is 1. The molecule has 2 aromatic carbocycles. The fourth-order valence-electron chi connectivity index (χ4n) is 3.34. The number of nitrogens with one attached hydrogen (secondary N) is 3. The van der Waals surface area contributed by atoms with Crippen molar-refractivity contribution >= 4 is 46.5 Å². The third-order valence-electron chi connectivity index (χ3n) is 5.22. The van der Waals surface area contributed by atoms with Crippen molar-refractivity contribution in [3.8, 4) is 5.75 Å². The summed E-state index contributed by atoms with van der Waals surface area (Å²) in [6.07, 6.45) is 0.446. The Kier molecular flexibility index (Phi) is 6.87. The van der Waals surface area contributed by atoms with Gasteiger partial charge in [0.2, 0.25) is 5.28 Å². The number of amides is 2. The van der Waals surface area contributed by atoms with Gasteiger partial charge in [-0.05, 0) is 54.4 Å². The average molecular weight is 501 g/mol. The van der Waals surface area contributed by atoms with E-state index < -0.39 is 23.4 Å². The lowest BCUT2D eigenvalue weighted by molar-refractivity contribution is -0.132. The Morgan fingerprint density at radius 1 is 1.31 bits per heavy atom. The minimum Gasteiger partial charge on any atom is -0.475 e. The second-order valence-electron chi connectivity index (χ2n) is 7.94. The van der Waals surface area contributed by atoms with Crippen LogP contribution in [0.25, 0.3) is 0 Å². The van der Waals surface area contributed by atoms with E-state index in [1.807, 2.05) is 6.07 Å². The molecular formula is C23H22ClFN6O4. The molecule has 12 heteroatoms. The second kappa shape index (κ2) is 10.0. The van der Waals surface area contributed by atoms with Crippen LogP contribution in [0.15, 0.2) is 48.7 Å². The molecular weight excluding hydrogens is 479 g/mol. The average Bonchev–Trinajstić information content (AvgIpc) is 2.81. The van der Waals surface area contributed by atoms with Gasteiger partial charge in [0, 0.05) is 24.3 Å². The van der Waals surface area contributed by atoms with E-state index in [2.05, 4.69) is 25.9 Å². The monoisotopic (exact) mass is 500 g/mol. The zero-order chi connectivity index (χ0) is 25.0. The van der Waals surface area contributed by atoms with Crippen LogP contribution in [0.4, 0.5) is 32.1 Å². The quantitative estimate of drug-likeness (QED) is 0.282. The van der Waals surface area contributed by atoms with Crippen molar-refractivity contribution < 1.29 is 23.5 Å². The molecule has 0 aliphatic carbocycles. The summed E-state index contributed by atoms with van der Waals surface area (Å²) in [5.41, 5.74) is 6.73. The first-order valence-electron chi connectivity index (χ1n) is 10.6. The van der Waals surface area contributed by atoms with Crippen LogP contribution < -0.4 is 26.4 Å². The van der Waals surface area contributed by atoms with E-state index >= 15 is 0 Å². The molecule has 0 bridgehead atoms. The molecule has 1 aliphatic rings. The maximum Gasteiger partial charge on any atom is 0.407 e. The number of alkyl carbamates (subject to hydrolysis) is 1. The van der Waals surface area contributed by atoms with E-state index in [-0.39, 0.29) is 30.7 Å². The number of hydrogen-bond donors (Lipinski definition) is 4. The van der Waals surface area contributed by atoms with Gasteiger partial charge in [0.05, 0.1) is 18.5 Å². The van der Waals surface area contributed by atoms with E-state index in [0.29, 0.717) is 22.8 Å². The Hall–Kier alpha value is -4.12. The maximum absolute atomic E-state index is 13.9. The number of fused-ring (bicyclic) bond motifs is 1. The van der Waals surface area contributed by atoms with E-state index in [0.717, 1.165) is 11.8 Å². The summed E-state index contributed by atoms with van der Waals surface area (Å²) >= 11 is 5.72. The number of ether oxygens (including phenoxy) is 2. The van der Waals surface area contributed by atoms with Gasteiger partial charge in [0.1, 0.15) is 5.75 Å². The van der Waals surface area contributed by atoms with Crippen molar-refractivity contribution in [2.75, 3.05) is 23.0 Å². The lowest BCUT2D eigenvalue weighted by Crippen LogP contribution is -2.49. The van der Waals surface area contributed by atoms with E-state index in [1.54, 1.807) is 43.3 Å². The molecule has 5 N–H and O–H groups in total. The molecule has 10 nitrogen and oxygen atoms in total. The zero-order valence-corrected chi connectivity index (χ0v) is 19.4. The van der Waals surface area contributed by atoms with Crippen molar-refractivity contribution in [1.82, 2.24) is 15.3 Å². The zero-order valence-electron chi connectivity index (χ0n) is 18.6. The minimum atomic E-state index is -1.26. The van der Waals surface area contributed by atoms with E-state index in [1.165, 1.54) is 0 Å². The number of rotatable bonds is 7. The summed E-state index contributed by atoms with van der Waals surface area (Å²) in [5, 5.41) is 8.07. The van der Waals surface area contributed by atoms with Crippen LogP contribution in [0.2, 0.25) is 5.28 Å². The third kappa shape index (κ3) is 5.87. The molecule has 0 spiro atoms. The predicted molar refractivity (Wildman–Crippen MR) is 128 cm³/mol. The second-order valence-corrected chi connectivity index (χ2v) is 8.28. The number of carbonyl (C=O) groups is 2. The summed E-state index contributed by atoms with van der Waals surface area (Å²) in [6, 6.07) is 11.9. The van der Waals surface area contributed by atoms with Gasteiger partial charge in [0.15, 0.2) is 17.2 Å². The van der Waals surface area contributed by atoms with Crippen LogP contribution >= 0.6 is 11.6 Å². The van der Waals surface area contributed by atoms with Crippen LogP contribution in [0.5, 0.6) is 5.75 Å². The summed E-state index contributed by atoms with van der Waals surface area (Å²) in [4.78, 5) is 32.1. The summed E-state index contributed by atoms with van der Waals surface area (Å²) in [5.74, 6) is -0.798. The Morgan fingerprint density at radius 3 is 2.94 bits per heavy atom. The predicted octanol–water partition coefficient (Wildman–Crippen LogP) is 4.00. The molecule has 3 aromatic rings. The highest BCUT2D eigenvalue weighted by molar-refractivity contribution is 6.28. The number of carbonyl (C=O) groups excluding carboxylic acids is 2. The number of nitrogens with zero attached hydrogens (tertiary/aromatic N) is 2. The van der Waals surface area contributed by atoms with Crippen molar-refractivity contribution in [2.24, 2.45) is 0 Å². The molecule has 0 radical (unpaired) electrons. The Balaban J connectivity index is 1.32. The van der Waals surface area contributed by atoms with Gasteiger partial charge in [0.25, 0.3) is 5.91 Å².